The van der Waals surface area contributed by atoms with Crippen molar-refractivity contribution in [1.82, 2.24) is 5.32 Å². The number of carboxylic acid groups (broad SMARTS) is 1. The zero-order chi connectivity index (χ0) is 19.3. The quantitative estimate of drug-likeness (QED) is 0.587. The first kappa shape index (κ1) is 18.2. The van der Waals surface area contributed by atoms with Crippen molar-refractivity contribution < 1.29 is 19.6 Å². The number of nitro groups is 1. The van der Waals surface area contributed by atoms with Crippen LogP contribution in [0.5, 0.6) is 0 Å². The van der Waals surface area contributed by atoms with Gasteiger partial charge < -0.3 is 10.4 Å². The summed E-state index contributed by atoms with van der Waals surface area (Å²) in [5.74, 6) is -0.108. The van der Waals surface area contributed by atoms with Gasteiger partial charge in [0.2, 0.25) is 0 Å². The van der Waals surface area contributed by atoms with Gasteiger partial charge in [-0.2, -0.15) is 0 Å². The third kappa shape index (κ3) is 3.18. The first-order valence-corrected chi connectivity index (χ1v) is 9.63. The van der Waals surface area contributed by atoms with E-state index in [4.69, 9.17) is 11.6 Å². The van der Waals surface area contributed by atoms with Crippen LogP contribution in [0.25, 0.3) is 0 Å². The fourth-order valence-electron chi connectivity index (χ4n) is 6.02. The van der Waals surface area contributed by atoms with E-state index in [-0.39, 0.29) is 16.3 Å². The Bertz CT molecular complexity index is 789. The number of rotatable bonds is 5. The van der Waals surface area contributed by atoms with E-state index in [0.29, 0.717) is 17.8 Å². The second-order valence-corrected chi connectivity index (χ2v) is 8.85. The molecule has 1 aromatic rings. The largest absolute Gasteiger partial charge is 0.480 e. The molecule has 144 valence electrons. The van der Waals surface area contributed by atoms with E-state index in [0.717, 1.165) is 44.6 Å². The lowest BCUT2D eigenvalue weighted by atomic mass is 9.47. The number of aliphatic carboxylic acids is 1. The number of nitrogens with one attached hydrogen (secondary N) is 1. The number of non-ortho nitro benzene ring substituents is 1. The van der Waals surface area contributed by atoms with Crippen LogP contribution in [0.4, 0.5) is 5.69 Å². The third-order valence-corrected chi connectivity index (χ3v) is 6.96. The molecular formula is C19H21ClN2O5. The van der Waals surface area contributed by atoms with Crippen LogP contribution >= 0.6 is 11.6 Å². The first-order chi connectivity index (χ1) is 12.8. The lowest BCUT2D eigenvalue weighted by Crippen LogP contribution is -2.59. The van der Waals surface area contributed by atoms with Gasteiger partial charge in [0.25, 0.3) is 11.6 Å². The number of halogens is 1. The number of nitrogens with zero attached hydrogens (tertiary/aromatic N) is 1. The second kappa shape index (κ2) is 6.48. The minimum absolute atomic E-state index is 0.0627. The van der Waals surface area contributed by atoms with Crippen molar-refractivity contribution >= 4 is 29.2 Å². The summed E-state index contributed by atoms with van der Waals surface area (Å²) < 4.78 is 0. The van der Waals surface area contributed by atoms with Crippen LogP contribution in [0, 0.1) is 33.3 Å². The summed E-state index contributed by atoms with van der Waals surface area (Å²) in [7, 11) is 0. The molecule has 4 fully saturated rings. The molecule has 1 aromatic carbocycles. The van der Waals surface area contributed by atoms with Crippen LogP contribution in [0.3, 0.4) is 0 Å². The Morgan fingerprint density at radius 1 is 1.19 bits per heavy atom. The number of hydrogen-bond donors (Lipinski definition) is 2. The smallest absolute Gasteiger partial charge is 0.326 e. The Kier molecular flexibility index (Phi) is 4.37. The number of carbonyl (C=O) groups excluding carboxylic acids is 1. The van der Waals surface area contributed by atoms with Gasteiger partial charge in [-0.15, -0.1) is 0 Å². The van der Waals surface area contributed by atoms with E-state index in [1.165, 1.54) is 12.1 Å². The SMILES string of the molecule is O=C(N[C@H](C(=O)O)C12CC3CC(CC(C3)C1)C2)c1cc([N+](=O)[O-])ccc1Cl. The number of amides is 1. The van der Waals surface area contributed by atoms with Gasteiger partial charge in [-0.1, -0.05) is 11.6 Å². The number of benzene rings is 1. The highest BCUT2D eigenvalue weighted by Gasteiger charge is 2.56. The zero-order valence-corrected chi connectivity index (χ0v) is 15.4. The third-order valence-electron chi connectivity index (χ3n) is 6.63. The summed E-state index contributed by atoms with van der Waals surface area (Å²) >= 11 is 6.05. The lowest BCUT2D eigenvalue weighted by Gasteiger charge is -2.58. The summed E-state index contributed by atoms with van der Waals surface area (Å²) in [6, 6.07) is 2.59. The van der Waals surface area contributed by atoms with Gasteiger partial charge >= 0.3 is 5.97 Å². The van der Waals surface area contributed by atoms with E-state index in [9.17, 15) is 24.8 Å². The number of carbonyl (C=O) groups is 2. The van der Waals surface area contributed by atoms with Crippen molar-refractivity contribution in [3.63, 3.8) is 0 Å². The van der Waals surface area contributed by atoms with Gasteiger partial charge in [0, 0.05) is 17.5 Å². The van der Waals surface area contributed by atoms with E-state index in [1.807, 2.05) is 0 Å². The van der Waals surface area contributed by atoms with Gasteiger partial charge in [0.05, 0.1) is 15.5 Å². The molecule has 0 aromatic heterocycles. The predicted octanol–water partition coefficient (Wildman–Crippen LogP) is 3.65. The molecule has 1 amide bonds. The average Bonchev–Trinajstić information content (AvgIpc) is 2.58. The molecule has 4 saturated carbocycles. The van der Waals surface area contributed by atoms with Crippen molar-refractivity contribution in [2.75, 3.05) is 0 Å². The molecule has 0 spiro atoms. The van der Waals surface area contributed by atoms with Crippen LogP contribution in [0.1, 0.15) is 48.9 Å². The molecule has 0 unspecified atom stereocenters. The van der Waals surface area contributed by atoms with Crippen molar-refractivity contribution in [2.45, 2.75) is 44.6 Å². The fourth-order valence-corrected chi connectivity index (χ4v) is 6.22. The molecule has 4 aliphatic rings. The second-order valence-electron chi connectivity index (χ2n) is 8.45. The summed E-state index contributed by atoms with van der Waals surface area (Å²) in [4.78, 5) is 35.2. The zero-order valence-electron chi connectivity index (χ0n) is 14.7. The monoisotopic (exact) mass is 392 g/mol. The Labute approximate surface area is 161 Å². The van der Waals surface area contributed by atoms with Gasteiger partial charge in [-0.3, -0.25) is 14.9 Å². The molecule has 5 rings (SSSR count). The molecule has 27 heavy (non-hydrogen) atoms. The van der Waals surface area contributed by atoms with Gasteiger partial charge in [0.1, 0.15) is 6.04 Å². The Balaban J connectivity index is 1.61. The van der Waals surface area contributed by atoms with Crippen molar-refractivity contribution in [3.05, 3.63) is 38.9 Å². The topological polar surface area (TPSA) is 110 Å². The Morgan fingerprint density at radius 3 is 2.22 bits per heavy atom. The highest BCUT2D eigenvalue weighted by atomic mass is 35.5. The summed E-state index contributed by atoms with van der Waals surface area (Å²) in [5.41, 5.74) is -0.753. The van der Waals surface area contributed by atoms with Crippen molar-refractivity contribution in [2.24, 2.45) is 23.2 Å². The molecule has 0 heterocycles. The van der Waals surface area contributed by atoms with E-state index in [2.05, 4.69) is 5.32 Å². The number of nitro benzene ring substituents is 1. The van der Waals surface area contributed by atoms with Crippen LogP contribution < -0.4 is 5.32 Å². The van der Waals surface area contributed by atoms with Crippen LogP contribution in [0.15, 0.2) is 18.2 Å². The minimum Gasteiger partial charge on any atom is -0.480 e. The van der Waals surface area contributed by atoms with Gasteiger partial charge in [-0.05, 0) is 62.3 Å². The van der Waals surface area contributed by atoms with Crippen LogP contribution in [-0.2, 0) is 4.79 Å². The van der Waals surface area contributed by atoms with Crippen molar-refractivity contribution in [1.29, 1.82) is 0 Å². The molecule has 1 atom stereocenters. The van der Waals surface area contributed by atoms with E-state index >= 15 is 0 Å². The van der Waals surface area contributed by atoms with E-state index < -0.39 is 28.3 Å². The highest BCUT2D eigenvalue weighted by Crippen LogP contribution is 2.61. The van der Waals surface area contributed by atoms with Crippen LogP contribution in [0.2, 0.25) is 5.02 Å². The molecule has 0 radical (unpaired) electrons. The highest BCUT2D eigenvalue weighted by molar-refractivity contribution is 6.34. The van der Waals surface area contributed by atoms with Crippen LogP contribution in [-0.4, -0.2) is 27.9 Å². The summed E-state index contributed by atoms with van der Waals surface area (Å²) in [6.45, 7) is 0. The van der Waals surface area contributed by atoms with Gasteiger partial charge in [0.15, 0.2) is 0 Å². The predicted molar refractivity (Wildman–Crippen MR) is 97.6 cm³/mol. The standard InChI is InChI=1S/C19H21ClN2O5/c20-15-2-1-13(22(26)27)6-14(15)17(23)21-16(18(24)25)19-7-10-3-11(8-19)5-12(4-10)9-19/h1-2,6,10-12,16H,3-5,7-9H2,(H,21,23)(H,24,25)/t10?,11?,12?,16-,19?/m1/s1. The maximum absolute atomic E-state index is 12.8. The molecule has 0 saturated heterocycles. The normalized spacial score (nSPS) is 32.1. The first-order valence-electron chi connectivity index (χ1n) is 9.25. The Morgan fingerprint density at radius 2 is 1.74 bits per heavy atom. The van der Waals surface area contributed by atoms with Gasteiger partial charge in [-0.25, -0.2) is 4.79 Å². The average molecular weight is 393 g/mol. The molecular weight excluding hydrogens is 372 g/mol. The number of carboxylic acids is 1. The maximum Gasteiger partial charge on any atom is 0.326 e. The molecule has 7 nitrogen and oxygen atoms in total. The maximum atomic E-state index is 12.8. The lowest BCUT2D eigenvalue weighted by molar-refractivity contribution is -0.384. The Hall–Kier alpha value is -2.15. The molecule has 4 aliphatic carbocycles. The molecule has 2 N–H and O–H groups in total. The fraction of sp³-hybridized carbons (Fsp3) is 0.579. The molecule has 8 heteroatoms. The molecule has 0 aliphatic heterocycles. The molecule has 4 bridgehead atoms. The number of hydrogen-bond acceptors (Lipinski definition) is 4. The summed E-state index contributed by atoms with van der Waals surface area (Å²) in [6.07, 6.45) is 5.94. The summed E-state index contributed by atoms with van der Waals surface area (Å²) in [5, 5.41) is 23.6. The minimum atomic E-state index is -1.05. The van der Waals surface area contributed by atoms with E-state index in [1.54, 1.807) is 0 Å². The van der Waals surface area contributed by atoms with Crippen molar-refractivity contribution in [3.8, 4) is 0 Å².